The topological polar surface area (TPSA) is 49.8 Å². The molecule has 0 aliphatic carbocycles. The molecule has 144 valence electrons. The summed E-state index contributed by atoms with van der Waals surface area (Å²) >= 11 is 0. The highest BCUT2D eigenvalue weighted by Gasteiger charge is 2.12. The summed E-state index contributed by atoms with van der Waals surface area (Å²) in [7, 11) is 1.81. The predicted octanol–water partition coefficient (Wildman–Crippen LogP) is 4.21. The number of amides is 1. The molecule has 0 radical (unpaired) electrons. The Morgan fingerprint density at radius 3 is 2.21 bits per heavy atom. The van der Waals surface area contributed by atoms with E-state index in [-0.39, 0.29) is 18.1 Å². The van der Waals surface area contributed by atoms with E-state index in [4.69, 9.17) is 4.74 Å². The molecule has 0 bridgehead atoms. The Morgan fingerprint density at radius 1 is 0.893 bits per heavy atom. The zero-order chi connectivity index (χ0) is 19.8. The number of ether oxygens (including phenoxy) is 1. The van der Waals surface area contributed by atoms with Gasteiger partial charge in [-0.15, -0.1) is 0 Å². The Bertz CT molecular complexity index is 894. The molecule has 0 atom stereocenters. The summed E-state index contributed by atoms with van der Waals surface area (Å²) in [5.41, 5.74) is 2.99. The number of nitrogens with zero attached hydrogens (tertiary/aromatic N) is 1. The Hall–Kier alpha value is -3.27. The van der Waals surface area contributed by atoms with Gasteiger partial charge in [-0.3, -0.25) is 4.79 Å². The van der Waals surface area contributed by atoms with Gasteiger partial charge in [0.25, 0.3) is 0 Å². The first-order valence-electron chi connectivity index (χ1n) is 9.38. The average molecular weight is 375 g/mol. The lowest BCUT2D eigenvalue weighted by Crippen LogP contribution is -2.30. The summed E-state index contributed by atoms with van der Waals surface area (Å²) in [5, 5.41) is 9.99. The SMILES string of the molecule is CN(CCc1ccccc1)C(=O)Cc1cc(O)cc(OCc2ccccc2)c1. The minimum absolute atomic E-state index is 0.00976. The van der Waals surface area contributed by atoms with Crippen molar-refractivity contribution in [3.05, 3.63) is 95.6 Å². The van der Waals surface area contributed by atoms with Gasteiger partial charge < -0.3 is 14.7 Å². The third-order valence-corrected chi connectivity index (χ3v) is 4.56. The second-order valence-electron chi connectivity index (χ2n) is 6.84. The molecule has 0 aliphatic rings. The highest BCUT2D eigenvalue weighted by Crippen LogP contribution is 2.23. The molecule has 0 saturated heterocycles. The molecule has 4 nitrogen and oxygen atoms in total. The predicted molar refractivity (Wildman–Crippen MR) is 110 cm³/mol. The van der Waals surface area contributed by atoms with Crippen LogP contribution in [0.1, 0.15) is 16.7 Å². The molecule has 0 saturated carbocycles. The molecule has 3 rings (SSSR count). The Labute approximate surface area is 166 Å². The fraction of sp³-hybridized carbons (Fsp3) is 0.208. The monoisotopic (exact) mass is 375 g/mol. The third kappa shape index (κ3) is 5.88. The number of hydrogen-bond acceptors (Lipinski definition) is 3. The van der Waals surface area contributed by atoms with Crippen molar-refractivity contribution in [3.8, 4) is 11.5 Å². The van der Waals surface area contributed by atoms with E-state index < -0.39 is 0 Å². The molecule has 0 aliphatic heterocycles. The molecule has 3 aromatic carbocycles. The van der Waals surface area contributed by atoms with Crippen molar-refractivity contribution in [2.75, 3.05) is 13.6 Å². The van der Waals surface area contributed by atoms with Crippen LogP contribution in [0.5, 0.6) is 11.5 Å². The number of carbonyl (C=O) groups excluding carboxylic acids is 1. The van der Waals surface area contributed by atoms with Crippen molar-refractivity contribution in [3.63, 3.8) is 0 Å². The fourth-order valence-electron chi connectivity index (χ4n) is 2.95. The maximum atomic E-state index is 12.5. The highest BCUT2D eigenvalue weighted by atomic mass is 16.5. The van der Waals surface area contributed by atoms with Gasteiger partial charge in [-0.25, -0.2) is 0 Å². The van der Waals surface area contributed by atoms with Gasteiger partial charge in [0.05, 0.1) is 6.42 Å². The summed E-state index contributed by atoms with van der Waals surface area (Å²) in [6, 6.07) is 24.9. The lowest BCUT2D eigenvalue weighted by Gasteiger charge is -2.17. The Kier molecular flexibility index (Phi) is 6.68. The number of rotatable bonds is 8. The van der Waals surface area contributed by atoms with E-state index in [1.807, 2.05) is 54.6 Å². The second-order valence-corrected chi connectivity index (χ2v) is 6.84. The van der Waals surface area contributed by atoms with E-state index in [1.165, 1.54) is 5.56 Å². The maximum Gasteiger partial charge on any atom is 0.226 e. The summed E-state index contributed by atoms with van der Waals surface area (Å²) in [6.45, 7) is 1.06. The van der Waals surface area contributed by atoms with Gasteiger partial charge in [-0.2, -0.15) is 0 Å². The van der Waals surface area contributed by atoms with Crippen molar-refractivity contribution in [2.45, 2.75) is 19.4 Å². The molecule has 0 unspecified atom stereocenters. The van der Waals surface area contributed by atoms with Crippen LogP contribution < -0.4 is 4.74 Å². The number of phenolic OH excluding ortho intramolecular Hbond substituents is 1. The molecule has 1 N–H and O–H groups in total. The van der Waals surface area contributed by atoms with Crippen LogP contribution >= 0.6 is 0 Å². The zero-order valence-electron chi connectivity index (χ0n) is 16.0. The average Bonchev–Trinajstić information content (AvgIpc) is 2.71. The van der Waals surface area contributed by atoms with E-state index in [9.17, 15) is 9.90 Å². The van der Waals surface area contributed by atoms with Gasteiger partial charge in [0.2, 0.25) is 5.91 Å². The van der Waals surface area contributed by atoms with Crippen molar-refractivity contribution >= 4 is 5.91 Å². The molecular weight excluding hydrogens is 350 g/mol. The molecule has 1 amide bonds. The van der Waals surface area contributed by atoms with E-state index in [0.29, 0.717) is 18.9 Å². The number of hydrogen-bond donors (Lipinski definition) is 1. The Balaban J connectivity index is 1.56. The van der Waals surface area contributed by atoms with Crippen LogP contribution in [0.15, 0.2) is 78.9 Å². The minimum atomic E-state index is 0.00976. The number of likely N-dealkylation sites (N-methyl/N-ethyl adjacent to an activating group) is 1. The second kappa shape index (κ2) is 9.60. The fourth-order valence-corrected chi connectivity index (χ4v) is 2.95. The van der Waals surface area contributed by atoms with Gasteiger partial charge in [0, 0.05) is 19.7 Å². The van der Waals surface area contributed by atoms with Crippen molar-refractivity contribution < 1.29 is 14.6 Å². The number of phenols is 1. The van der Waals surface area contributed by atoms with Gasteiger partial charge >= 0.3 is 0 Å². The summed E-state index contributed by atoms with van der Waals surface area (Å²) < 4.78 is 5.78. The van der Waals surface area contributed by atoms with Crippen LogP contribution in [0.4, 0.5) is 0 Å². The van der Waals surface area contributed by atoms with E-state index in [1.54, 1.807) is 24.1 Å². The van der Waals surface area contributed by atoms with E-state index >= 15 is 0 Å². The smallest absolute Gasteiger partial charge is 0.226 e. The lowest BCUT2D eigenvalue weighted by atomic mass is 10.1. The van der Waals surface area contributed by atoms with Gasteiger partial charge in [0.1, 0.15) is 18.1 Å². The molecule has 28 heavy (non-hydrogen) atoms. The van der Waals surface area contributed by atoms with Crippen LogP contribution in [0.3, 0.4) is 0 Å². The molecule has 0 aromatic heterocycles. The molecule has 4 heteroatoms. The van der Waals surface area contributed by atoms with Gasteiger partial charge in [-0.1, -0.05) is 60.7 Å². The van der Waals surface area contributed by atoms with E-state index in [2.05, 4.69) is 12.1 Å². The third-order valence-electron chi connectivity index (χ3n) is 4.56. The molecule has 0 spiro atoms. The van der Waals surface area contributed by atoms with Crippen molar-refractivity contribution in [1.82, 2.24) is 4.90 Å². The first kappa shape index (κ1) is 19.5. The van der Waals surface area contributed by atoms with Crippen molar-refractivity contribution in [2.24, 2.45) is 0 Å². The summed E-state index contributed by atoms with van der Waals surface area (Å²) in [4.78, 5) is 14.3. The molecule has 0 heterocycles. The van der Waals surface area contributed by atoms with Crippen molar-refractivity contribution in [1.29, 1.82) is 0 Å². The number of benzene rings is 3. The first-order valence-corrected chi connectivity index (χ1v) is 9.38. The molecular formula is C24H25NO3. The molecule has 0 fully saturated rings. The number of aromatic hydroxyl groups is 1. The quantitative estimate of drug-likeness (QED) is 0.641. The highest BCUT2D eigenvalue weighted by molar-refractivity contribution is 5.78. The zero-order valence-corrected chi connectivity index (χ0v) is 16.0. The molecule has 3 aromatic rings. The standard InChI is InChI=1S/C24H25NO3/c1-25(13-12-19-8-4-2-5-9-19)24(27)16-21-14-22(26)17-23(15-21)28-18-20-10-6-3-7-11-20/h2-11,14-15,17,26H,12-13,16,18H2,1H3. The van der Waals surface area contributed by atoms with Crippen LogP contribution in [-0.4, -0.2) is 29.5 Å². The van der Waals surface area contributed by atoms with Crippen LogP contribution in [0, 0.1) is 0 Å². The normalized spacial score (nSPS) is 10.5. The van der Waals surface area contributed by atoms with Gasteiger partial charge in [-0.05, 0) is 35.2 Å². The summed E-state index contributed by atoms with van der Waals surface area (Å²) in [6.07, 6.45) is 1.04. The van der Waals surface area contributed by atoms with Crippen LogP contribution in [-0.2, 0) is 24.2 Å². The minimum Gasteiger partial charge on any atom is -0.508 e. The van der Waals surface area contributed by atoms with Gasteiger partial charge in [0.15, 0.2) is 0 Å². The van der Waals surface area contributed by atoms with Crippen LogP contribution in [0.2, 0.25) is 0 Å². The largest absolute Gasteiger partial charge is 0.508 e. The summed E-state index contributed by atoms with van der Waals surface area (Å²) in [5.74, 6) is 0.662. The van der Waals surface area contributed by atoms with Crippen LogP contribution in [0.25, 0.3) is 0 Å². The lowest BCUT2D eigenvalue weighted by molar-refractivity contribution is -0.129. The van der Waals surface area contributed by atoms with E-state index in [0.717, 1.165) is 17.5 Å². The number of carbonyl (C=O) groups is 1. The first-order chi connectivity index (χ1) is 13.6. The maximum absolute atomic E-state index is 12.5. The Morgan fingerprint density at radius 2 is 1.54 bits per heavy atom.